The Morgan fingerprint density at radius 3 is 2.16 bits per heavy atom. The number of aryl methyl sites for hydroxylation is 1. The van der Waals surface area contributed by atoms with Crippen LogP contribution in [-0.4, -0.2) is 14.3 Å². The summed E-state index contributed by atoms with van der Waals surface area (Å²) in [5, 5.41) is 19.5. The smallest absolute Gasteiger partial charge is 0.267 e. The summed E-state index contributed by atoms with van der Waals surface area (Å²) >= 11 is 0. The van der Waals surface area contributed by atoms with Crippen LogP contribution >= 0.6 is 0 Å². The zero-order valence-electron chi connectivity index (χ0n) is 13.4. The van der Waals surface area contributed by atoms with Crippen molar-refractivity contribution in [3.05, 3.63) is 65.9 Å². The van der Waals surface area contributed by atoms with E-state index in [4.69, 9.17) is 10.4 Å². The topological polar surface area (TPSA) is 125 Å². The molecule has 0 aliphatic rings. The van der Waals surface area contributed by atoms with E-state index in [1.165, 1.54) is 30.5 Å². The van der Waals surface area contributed by atoms with Gasteiger partial charge in [0.05, 0.1) is 4.90 Å². The van der Waals surface area contributed by atoms with Crippen molar-refractivity contribution in [2.24, 2.45) is 5.14 Å². The van der Waals surface area contributed by atoms with Crippen molar-refractivity contribution in [1.29, 1.82) is 5.26 Å². The SMILES string of the molecule is Cc1ccc(NC(=O)/C(C#N)=C\Nc2ccc(S(N)(=O)=O)cc2)cc1. The molecule has 0 unspecified atom stereocenters. The molecule has 0 saturated carbocycles. The molecule has 2 aromatic carbocycles. The van der Waals surface area contributed by atoms with Crippen LogP contribution in [0.5, 0.6) is 0 Å². The van der Waals surface area contributed by atoms with Gasteiger partial charge in [0, 0.05) is 17.6 Å². The Morgan fingerprint density at radius 2 is 1.64 bits per heavy atom. The first-order valence-electron chi connectivity index (χ1n) is 7.17. The third kappa shape index (κ3) is 5.17. The van der Waals surface area contributed by atoms with Crippen LogP contribution in [0.25, 0.3) is 0 Å². The number of nitrogens with two attached hydrogens (primary N) is 1. The van der Waals surface area contributed by atoms with Crippen molar-refractivity contribution in [1.82, 2.24) is 0 Å². The monoisotopic (exact) mass is 356 g/mol. The first-order chi connectivity index (χ1) is 11.8. The Labute approximate surface area is 145 Å². The van der Waals surface area contributed by atoms with Crippen LogP contribution in [0.4, 0.5) is 11.4 Å². The molecule has 0 aliphatic heterocycles. The average molecular weight is 356 g/mol. The van der Waals surface area contributed by atoms with Crippen molar-refractivity contribution in [2.45, 2.75) is 11.8 Å². The molecule has 1 amide bonds. The largest absolute Gasteiger partial charge is 0.360 e. The van der Waals surface area contributed by atoms with Crippen molar-refractivity contribution < 1.29 is 13.2 Å². The third-order valence-electron chi connectivity index (χ3n) is 3.24. The van der Waals surface area contributed by atoms with E-state index < -0.39 is 15.9 Å². The van der Waals surface area contributed by atoms with E-state index in [9.17, 15) is 13.2 Å². The number of amides is 1. The molecule has 0 bridgehead atoms. The van der Waals surface area contributed by atoms with Crippen LogP contribution < -0.4 is 15.8 Å². The number of nitrogens with zero attached hydrogens (tertiary/aromatic N) is 1. The van der Waals surface area contributed by atoms with Gasteiger partial charge in [0.2, 0.25) is 10.0 Å². The normalized spacial score (nSPS) is 11.5. The minimum Gasteiger partial charge on any atom is -0.360 e. The average Bonchev–Trinajstić information content (AvgIpc) is 2.57. The number of hydrogen-bond acceptors (Lipinski definition) is 5. The van der Waals surface area contributed by atoms with Gasteiger partial charge in [0.15, 0.2) is 0 Å². The molecular weight excluding hydrogens is 340 g/mol. The maximum atomic E-state index is 12.1. The van der Waals surface area contributed by atoms with Gasteiger partial charge in [-0.25, -0.2) is 13.6 Å². The lowest BCUT2D eigenvalue weighted by Gasteiger charge is -2.06. The molecule has 0 aromatic heterocycles. The Bertz CT molecular complexity index is 941. The zero-order valence-corrected chi connectivity index (χ0v) is 14.2. The van der Waals surface area contributed by atoms with E-state index in [-0.39, 0.29) is 10.5 Å². The zero-order chi connectivity index (χ0) is 18.4. The van der Waals surface area contributed by atoms with Gasteiger partial charge >= 0.3 is 0 Å². The first-order valence-corrected chi connectivity index (χ1v) is 8.72. The number of carbonyl (C=O) groups excluding carboxylic acids is 1. The van der Waals surface area contributed by atoms with Crippen LogP contribution in [0.3, 0.4) is 0 Å². The summed E-state index contributed by atoms with van der Waals surface area (Å²) in [7, 11) is -3.77. The van der Waals surface area contributed by atoms with Crippen molar-refractivity contribution in [3.8, 4) is 6.07 Å². The van der Waals surface area contributed by atoms with Gasteiger partial charge in [-0.1, -0.05) is 17.7 Å². The maximum absolute atomic E-state index is 12.1. The van der Waals surface area contributed by atoms with Gasteiger partial charge in [0.1, 0.15) is 11.6 Å². The number of benzene rings is 2. The van der Waals surface area contributed by atoms with Crippen molar-refractivity contribution >= 4 is 27.3 Å². The molecule has 4 N–H and O–H groups in total. The summed E-state index contributed by atoms with van der Waals surface area (Å²) in [6.07, 6.45) is 1.25. The van der Waals surface area contributed by atoms with Gasteiger partial charge in [-0.3, -0.25) is 4.79 Å². The Kier molecular flexibility index (Phi) is 5.54. The summed E-state index contributed by atoms with van der Waals surface area (Å²) in [4.78, 5) is 12.1. The summed E-state index contributed by atoms with van der Waals surface area (Å²) in [5.41, 5.74) is 2.01. The lowest BCUT2D eigenvalue weighted by molar-refractivity contribution is -0.112. The molecule has 0 fully saturated rings. The number of sulfonamides is 1. The van der Waals surface area contributed by atoms with Gasteiger partial charge in [0.25, 0.3) is 5.91 Å². The lowest BCUT2D eigenvalue weighted by atomic mass is 10.2. The van der Waals surface area contributed by atoms with Crippen LogP contribution in [0.2, 0.25) is 0 Å². The van der Waals surface area contributed by atoms with Gasteiger partial charge in [-0.05, 0) is 43.3 Å². The maximum Gasteiger partial charge on any atom is 0.267 e. The molecule has 0 radical (unpaired) electrons. The summed E-state index contributed by atoms with van der Waals surface area (Å²) in [5.74, 6) is -0.556. The van der Waals surface area contributed by atoms with E-state index in [2.05, 4.69) is 10.6 Å². The molecule has 0 spiro atoms. The molecule has 0 heterocycles. The fourth-order valence-corrected chi connectivity index (χ4v) is 2.40. The molecule has 0 saturated heterocycles. The molecule has 2 rings (SSSR count). The molecule has 0 aliphatic carbocycles. The highest BCUT2D eigenvalue weighted by Gasteiger charge is 2.10. The Hall–Kier alpha value is -3.15. The minimum atomic E-state index is -3.77. The molecule has 7 nitrogen and oxygen atoms in total. The van der Waals surface area contributed by atoms with E-state index in [1.807, 2.05) is 25.1 Å². The van der Waals surface area contributed by atoms with E-state index in [1.54, 1.807) is 12.1 Å². The van der Waals surface area contributed by atoms with Crippen LogP contribution in [0.1, 0.15) is 5.56 Å². The first kappa shape index (κ1) is 18.2. The number of nitriles is 1. The molecule has 8 heteroatoms. The van der Waals surface area contributed by atoms with E-state index in [0.29, 0.717) is 11.4 Å². The standard InChI is InChI=1S/C17H16N4O3S/c1-12-2-4-15(5-3-12)21-17(22)13(10-18)11-20-14-6-8-16(9-7-14)25(19,23)24/h2-9,11,20H,1H3,(H,21,22)(H2,19,23,24)/b13-11-. The fraction of sp³-hybridized carbons (Fsp3) is 0.0588. The van der Waals surface area contributed by atoms with Gasteiger partial charge < -0.3 is 10.6 Å². The highest BCUT2D eigenvalue weighted by molar-refractivity contribution is 7.89. The van der Waals surface area contributed by atoms with E-state index >= 15 is 0 Å². The van der Waals surface area contributed by atoms with Crippen molar-refractivity contribution in [3.63, 3.8) is 0 Å². The summed E-state index contributed by atoms with van der Waals surface area (Å²) < 4.78 is 22.4. The van der Waals surface area contributed by atoms with Crippen LogP contribution in [-0.2, 0) is 14.8 Å². The quantitative estimate of drug-likeness (QED) is 0.559. The number of primary sulfonamides is 1. The molecular formula is C17H16N4O3S. The fourth-order valence-electron chi connectivity index (χ4n) is 1.88. The third-order valence-corrected chi connectivity index (χ3v) is 4.17. The molecule has 128 valence electrons. The molecule has 0 atom stereocenters. The van der Waals surface area contributed by atoms with Gasteiger partial charge in [-0.2, -0.15) is 5.26 Å². The number of nitrogens with one attached hydrogen (secondary N) is 2. The summed E-state index contributed by atoms with van der Waals surface area (Å²) in [6.45, 7) is 1.93. The second-order valence-corrected chi connectivity index (χ2v) is 6.77. The number of rotatable bonds is 5. The minimum absolute atomic E-state index is 0.0281. The Balaban J connectivity index is 2.08. The van der Waals surface area contributed by atoms with Crippen molar-refractivity contribution in [2.75, 3.05) is 10.6 Å². The van der Waals surface area contributed by atoms with Crippen LogP contribution in [0, 0.1) is 18.3 Å². The highest BCUT2D eigenvalue weighted by Crippen LogP contribution is 2.14. The predicted molar refractivity (Wildman–Crippen MR) is 94.9 cm³/mol. The van der Waals surface area contributed by atoms with Crippen LogP contribution in [0.15, 0.2) is 65.2 Å². The number of hydrogen-bond donors (Lipinski definition) is 3. The number of anilines is 2. The summed E-state index contributed by atoms with van der Waals surface area (Å²) in [6, 6.07) is 14.6. The Morgan fingerprint density at radius 1 is 1.08 bits per heavy atom. The predicted octanol–water partition coefficient (Wildman–Crippen LogP) is 2.10. The highest BCUT2D eigenvalue weighted by atomic mass is 32.2. The molecule has 2 aromatic rings. The lowest BCUT2D eigenvalue weighted by Crippen LogP contribution is -2.14. The van der Waals surface area contributed by atoms with Gasteiger partial charge in [-0.15, -0.1) is 0 Å². The second-order valence-electron chi connectivity index (χ2n) is 5.20. The molecule has 25 heavy (non-hydrogen) atoms. The van der Waals surface area contributed by atoms with E-state index in [0.717, 1.165) is 5.56 Å². The number of carbonyl (C=O) groups is 1. The second kappa shape index (κ2) is 7.61.